The third-order valence-corrected chi connectivity index (χ3v) is 3.87. The molecule has 3 N–H and O–H groups in total. The fraction of sp³-hybridized carbons (Fsp3) is 0.579. The molecule has 5 heteroatoms. The van der Waals surface area contributed by atoms with Crippen molar-refractivity contribution in [3.8, 4) is 0 Å². The average Bonchev–Trinajstić information content (AvgIpc) is 2.45. The zero-order valence-corrected chi connectivity index (χ0v) is 15.2. The molecule has 134 valence electrons. The Bertz CT molecular complexity index is 558. The van der Waals surface area contributed by atoms with Crippen molar-refractivity contribution in [3.05, 3.63) is 35.4 Å². The lowest BCUT2D eigenvalue weighted by Crippen LogP contribution is -2.46. The predicted molar refractivity (Wildman–Crippen MR) is 93.9 cm³/mol. The van der Waals surface area contributed by atoms with Gasteiger partial charge in [-0.05, 0) is 28.9 Å². The number of carbonyl (C=O) groups excluding carboxylic acids is 1. The Kier molecular flexibility index (Phi) is 6.96. The van der Waals surface area contributed by atoms with Crippen molar-refractivity contribution < 1.29 is 19.8 Å². The number of carbonyl (C=O) groups is 2. The largest absolute Gasteiger partial charge is 0.480 e. The minimum atomic E-state index is -1.19. The molecule has 0 unspecified atom stereocenters. The molecule has 0 spiro atoms. The van der Waals surface area contributed by atoms with Crippen molar-refractivity contribution in [1.82, 2.24) is 5.32 Å². The SMILES string of the molecule is CC(C)C[C@H](O)C(=O)N[C@@H](Cc1ccc(C(C)(C)C)cc1)C(=O)O. The highest BCUT2D eigenvalue weighted by Crippen LogP contribution is 2.22. The fourth-order valence-corrected chi connectivity index (χ4v) is 2.40. The first-order chi connectivity index (χ1) is 11.0. The summed E-state index contributed by atoms with van der Waals surface area (Å²) in [6.45, 7) is 10.1. The third-order valence-electron chi connectivity index (χ3n) is 3.87. The van der Waals surface area contributed by atoms with Crippen LogP contribution in [0.4, 0.5) is 0 Å². The van der Waals surface area contributed by atoms with E-state index in [-0.39, 0.29) is 17.8 Å². The Balaban J connectivity index is 2.76. The summed E-state index contributed by atoms with van der Waals surface area (Å²) in [7, 11) is 0. The van der Waals surface area contributed by atoms with Crippen LogP contribution in [0.5, 0.6) is 0 Å². The van der Waals surface area contributed by atoms with Crippen LogP contribution < -0.4 is 5.32 Å². The van der Waals surface area contributed by atoms with Gasteiger partial charge in [-0.3, -0.25) is 4.79 Å². The van der Waals surface area contributed by atoms with Crippen LogP contribution in [0.2, 0.25) is 0 Å². The standard InChI is InChI=1S/C19H29NO4/c1-12(2)10-16(21)17(22)20-15(18(23)24)11-13-6-8-14(9-7-13)19(3,4)5/h6-9,12,15-16,21H,10-11H2,1-5H3,(H,20,22)(H,23,24)/t15-,16-/m0/s1. The molecule has 0 heterocycles. The van der Waals surface area contributed by atoms with Crippen molar-refractivity contribution in [2.45, 2.75) is 65.0 Å². The maximum absolute atomic E-state index is 11.9. The van der Waals surface area contributed by atoms with E-state index in [2.05, 4.69) is 26.1 Å². The van der Waals surface area contributed by atoms with Crippen LogP contribution in [0, 0.1) is 5.92 Å². The number of amides is 1. The first-order valence-electron chi connectivity index (χ1n) is 8.31. The molecule has 0 aliphatic rings. The molecule has 0 aliphatic carbocycles. The Morgan fingerprint density at radius 3 is 2.08 bits per heavy atom. The molecule has 0 radical (unpaired) electrons. The highest BCUT2D eigenvalue weighted by atomic mass is 16.4. The molecule has 0 saturated carbocycles. The smallest absolute Gasteiger partial charge is 0.326 e. The second kappa shape index (κ2) is 8.29. The highest BCUT2D eigenvalue weighted by molar-refractivity contribution is 5.86. The summed E-state index contributed by atoms with van der Waals surface area (Å²) >= 11 is 0. The molecular formula is C19H29NO4. The minimum Gasteiger partial charge on any atom is -0.480 e. The van der Waals surface area contributed by atoms with E-state index in [0.29, 0.717) is 6.42 Å². The number of hydrogen-bond donors (Lipinski definition) is 3. The maximum atomic E-state index is 11.9. The van der Waals surface area contributed by atoms with Gasteiger partial charge in [0.1, 0.15) is 12.1 Å². The van der Waals surface area contributed by atoms with E-state index in [4.69, 9.17) is 0 Å². The van der Waals surface area contributed by atoms with Crippen LogP contribution in [-0.2, 0) is 21.4 Å². The Labute approximate surface area is 144 Å². The van der Waals surface area contributed by atoms with Crippen LogP contribution in [0.3, 0.4) is 0 Å². The summed E-state index contributed by atoms with van der Waals surface area (Å²) in [6, 6.07) is 6.66. The molecule has 5 nitrogen and oxygen atoms in total. The van der Waals surface area contributed by atoms with E-state index in [9.17, 15) is 19.8 Å². The van der Waals surface area contributed by atoms with E-state index in [1.54, 1.807) is 0 Å². The van der Waals surface area contributed by atoms with E-state index in [0.717, 1.165) is 11.1 Å². The van der Waals surface area contributed by atoms with Crippen LogP contribution in [0.1, 0.15) is 52.2 Å². The molecule has 1 amide bonds. The van der Waals surface area contributed by atoms with Gasteiger partial charge < -0.3 is 15.5 Å². The van der Waals surface area contributed by atoms with Gasteiger partial charge in [0.2, 0.25) is 5.91 Å². The lowest BCUT2D eigenvalue weighted by Gasteiger charge is -2.20. The average molecular weight is 335 g/mol. The van der Waals surface area contributed by atoms with E-state index in [1.165, 1.54) is 0 Å². The molecule has 1 aromatic carbocycles. The highest BCUT2D eigenvalue weighted by Gasteiger charge is 2.25. The molecule has 0 fully saturated rings. The number of aliphatic hydroxyl groups excluding tert-OH is 1. The van der Waals surface area contributed by atoms with Gasteiger partial charge in [0, 0.05) is 6.42 Å². The molecule has 24 heavy (non-hydrogen) atoms. The summed E-state index contributed by atoms with van der Waals surface area (Å²) in [5, 5.41) is 21.6. The number of rotatable bonds is 7. The van der Waals surface area contributed by atoms with Crippen LogP contribution in [0.25, 0.3) is 0 Å². The number of carboxylic acid groups (broad SMARTS) is 1. The Morgan fingerprint density at radius 2 is 1.67 bits per heavy atom. The molecule has 0 saturated heterocycles. The zero-order chi connectivity index (χ0) is 18.5. The van der Waals surface area contributed by atoms with Crippen LogP contribution in [0.15, 0.2) is 24.3 Å². The second-order valence-corrected chi connectivity index (χ2v) is 7.70. The normalized spacial score (nSPS) is 14.3. The van der Waals surface area contributed by atoms with Gasteiger partial charge >= 0.3 is 5.97 Å². The Hall–Kier alpha value is -1.88. The van der Waals surface area contributed by atoms with Crippen molar-refractivity contribution in [2.24, 2.45) is 5.92 Å². The lowest BCUT2D eigenvalue weighted by molar-refractivity contribution is -0.143. The maximum Gasteiger partial charge on any atom is 0.326 e. The molecule has 0 bridgehead atoms. The zero-order valence-electron chi connectivity index (χ0n) is 15.2. The fourth-order valence-electron chi connectivity index (χ4n) is 2.40. The van der Waals surface area contributed by atoms with E-state index < -0.39 is 24.0 Å². The van der Waals surface area contributed by atoms with Crippen molar-refractivity contribution in [2.75, 3.05) is 0 Å². The van der Waals surface area contributed by atoms with E-state index in [1.807, 2.05) is 38.1 Å². The number of benzene rings is 1. The molecule has 0 aromatic heterocycles. The monoisotopic (exact) mass is 335 g/mol. The first kappa shape index (κ1) is 20.2. The number of nitrogens with one attached hydrogen (secondary N) is 1. The molecule has 1 aromatic rings. The van der Waals surface area contributed by atoms with E-state index >= 15 is 0 Å². The van der Waals surface area contributed by atoms with Gasteiger partial charge in [0.05, 0.1) is 0 Å². The summed E-state index contributed by atoms with van der Waals surface area (Å²) < 4.78 is 0. The van der Waals surface area contributed by atoms with Gasteiger partial charge in [-0.1, -0.05) is 58.9 Å². The summed E-state index contributed by atoms with van der Waals surface area (Å²) in [4.78, 5) is 23.4. The van der Waals surface area contributed by atoms with Gasteiger partial charge in [0.25, 0.3) is 0 Å². The van der Waals surface area contributed by atoms with Crippen molar-refractivity contribution in [3.63, 3.8) is 0 Å². The van der Waals surface area contributed by atoms with Crippen molar-refractivity contribution >= 4 is 11.9 Å². The quantitative estimate of drug-likeness (QED) is 0.714. The lowest BCUT2D eigenvalue weighted by atomic mass is 9.86. The number of aliphatic carboxylic acids is 1. The molecule has 1 rings (SSSR count). The van der Waals surface area contributed by atoms with Gasteiger partial charge in [-0.15, -0.1) is 0 Å². The summed E-state index contributed by atoms with van der Waals surface area (Å²) in [5.74, 6) is -1.60. The minimum absolute atomic E-state index is 0.0277. The third kappa shape index (κ3) is 6.32. The van der Waals surface area contributed by atoms with Gasteiger partial charge in [0.15, 0.2) is 0 Å². The molecule has 2 atom stereocenters. The summed E-state index contributed by atoms with van der Waals surface area (Å²) in [5.41, 5.74) is 2.02. The number of aliphatic hydroxyl groups is 1. The molecular weight excluding hydrogens is 306 g/mol. The van der Waals surface area contributed by atoms with Crippen LogP contribution >= 0.6 is 0 Å². The second-order valence-electron chi connectivity index (χ2n) is 7.70. The van der Waals surface area contributed by atoms with Gasteiger partial charge in [-0.25, -0.2) is 4.79 Å². The predicted octanol–water partition coefficient (Wildman–Crippen LogP) is 2.50. The van der Waals surface area contributed by atoms with Crippen molar-refractivity contribution in [1.29, 1.82) is 0 Å². The number of carboxylic acids is 1. The Morgan fingerprint density at radius 1 is 1.12 bits per heavy atom. The topological polar surface area (TPSA) is 86.6 Å². The van der Waals surface area contributed by atoms with Crippen LogP contribution in [-0.4, -0.2) is 34.2 Å². The molecule has 0 aliphatic heterocycles. The number of hydrogen-bond acceptors (Lipinski definition) is 3. The van der Waals surface area contributed by atoms with Gasteiger partial charge in [-0.2, -0.15) is 0 Å². The first-order valence-corrected chi connectivity index (χ1v) is 8.31. The summed E-state index contributed by atoms with van der Waals surface area (Å²) in [6.07, 6.45) is -0.701.